The summed E-state index contributed by atoms with van der Waals surface area (Å²) in [5.41, 5.74) is 6.35. The average molecular weight is 299 g/mol. The fraction of sp³-hybridized carbons (Fsp3) is 0.462. The van der Waals surface area contributed by atoms with Crippen LogP contribution in [0.4, 0.5) is 10.7 Å². The Morgan fingerprint density at radius 2 is 2.25 bits per heavy atom. The first-order chi connectivity index (χ1) is 9.56. The Bertz CT molecular complexity index is 474. The summed E-state index contributed by atoms with van der Waals surface area (Å²) in [6, 6.07) is 0. The van der Waals surface area contributed by atoms with Gasteiger partial charge in [0.1, 0.15) is 15.6 Å². The van der Waals surface area contributed by atoms with Gasteiger partial charge in [-0.25, -0.2) is 0 Å². The van der Waals surface area contributed by atoms with Gasteiger partial charge in [-0.1, -0.05) is 6.08 Å². The Labute approximate surface area is 123 Å². The van der Waals surface area contributed by atoms with E-state index in [2.05, 4.69) is 11.9 Å². The Morgan fingerprint density at radius 3 is 2.80 bits per heavy atom. The van der Waals surface area contributed by atoms with Crippen molar-refractivity contribution in [3.8, 4) is 5.75 Å². The molecule has 7 heteroatoms. The molecule has 0 unspecified atom stereocenters. The Hall–Kier alpha value is -1.73. The van der Waals surface area contributed by atoms with Gasteiger partial charge in [-0.2, -0.15) is 0 Å². The molecule has 0 aliphatic carbocycles. The highest BCUT2D eigenvalue weighted by molar-refractivity contribution is 7.19. The molecule has 0 saturated heterocycles. The van der Waals surface area contributed by atoms with Crippen LogP contribution in [0.5, 0.6) is 5.75 Å². The monoisotopic (exact) mass is 299 g/mol. The van der Waals surface area contributed by atoms with Crippen molar-refractivity contribution in [3.05, 3.63) is 17.5 Å². The number of nitrogen functional groups attached to an aromatic ring is 1. The highest BCUT2D eigenvalue weighted by atomic mass is 32.1. The summed E-state index contributed by atoms with van der Waals surface area (Å²) in [6.45, 7) is 5.22. The lowest BCUT2D eigenvalue weighted by molar-refractivity contribution is 0.0962. The summed E-state index contributed by atoms with van der Waals surface area (Å²) in [5, 5.41) is 3.52. The van der Waals surface area contributed by atoms with Crippen molar-refractivity contribution < 1.29 is 14.3 Å². The number of nitrogens with two attached hydrogens (primary N) is 1. The van der Waals surface area contributed by atoms with Crippen LogP contribution in [-0.4, -0.2) is 46.9 Å². The van der Waals surface area contributed by atoms with E-state index < -0.39 is 0 Å². The lowest BCUT2D eigenvalue weighted by atomic mass is 10.3. The third-order valence-corrected chi connectivity index (χ3v) is 3.98. The van der Waals surface area contributed by atoms with E-state index in [1.165, 1.54) is 18.4 Å². The lowest BCUT2D eigenvalue weighted by Gasteiger charge is -2.17. The number of carbonyl (C=O) groups is 1. The number of nitrogens with zero attached hydrogens (tertiary/aromatic N) is 1. The minimum absolute atomic E-state index is 0.225. The van der Waals surface area contributed by atoms with Gasteiger partial charge in [-0.05, 0) is 0 Å². The predicted molar refractivity (Wildman–Crippen MR) is 83.0 cm³/mol. The van der Waals surface area contributed by atoms with Gasteiger partial charge in [0.15, 0.2) is 5.75 Å². The highest BCUT2D eigenvalue weighted by Gasteiger charge is 2.23. The second kappa shape index (κ2) is 7.76. The summed E-state index contributed by atoms with van der Waals surface area (Å²) >= 11 is 1.30. The number of carbonyl (C=O) groups excluding carboxylic acids is 1. The SMILES string of the molecule is C=CCNC(=O)c1sc(N(C)CCOC)c(OC)c1N. The second-order valence-corrected chi connectivity index (χ2v) is 5.10. The van der Waals surface area contributed by atoms with Crippen molar-refractivity contribution in [3.63, 3.8) is 0 Å². The van der Waals surface area contributed by atoms with Gasteiger partial charge >= 0.3 is 0 Å². The minimum Gasteiger partial charge on any atom is -0.492 e. The number of nitrogens with one attached hydrogen (secondary N) is 1. The molecule has 6 nitrogen and oxygen atoms in total. The lowest BCUT2D eigenvalue weighted by Crippen LogP contribution is -2.23. The minimum atomic E-state index is -0.225. The molecule has 112 valence electrons. The molecule has 0 radical (unpaired) electrons. The molecule has 0 spiro atoms. The summed E-state index contributed by atoms with van der Waals surface area (Å²) in [4.78, 5) is 14.4. The fourth-order valence-corrected chi connectivity index (χ4v) is 2.70. The smallest absolute Gasteiger partial charge is 0.263 e. The second-order valence-electron chi connectivity index (χ2n) is 4.10. The summed E-state index contributed by atoms with van der Waals surface area (Å²) in [5.74, 6) is 0.300. The van der Waals surface area contributed by atoms with Crippen LogP contribution in [0.3, 0.4) is 0 Å². The zero-order valence-electron chi connectivity index (χ0n) is 12.1. The quantitative estimate of drug-likeness (QED) is 0.708. The van der Waals surface area contributed by atoms with E-state index in [0.29, 0.717) is 36.0 Å². The van der Waals surface area contributed by atoms with Crippen LogP contribution in [0, 0.1) is 0 Å². The molecule has 0 bridgehead atoms. The summed E-state index contributed by atoms with van der Waals surface area (Å²) in [7, 11) is 5.08. The van der Waals surface area contributed by atoms with E-state index in [1.54, 1.807) is 13.2 Å². The van der Waals surface area contributed by atoms with Crippen molar-refractivity contribution >= 4 is 27.9 Å². The van der Waals surface area contributed by atoms with E-state index in [1.807, 2.05) is 11.9 Å². The van der Waals surface area contributed by atoms with Crippen LogP contribution in [-0.2, 0) is 4.74 Å². The zero-order chi connectivity index (χ0) is 15.1. The maximum Gasteiger partial charge on any atom is 0.263 e. The third kappa shape index (κ3) is 3.64. The first-order valence-corrected chi connectivity index (χ1v) is 6.93. The van der Waals surface area contributed by atoms with Crippen LogP contribution in [0.15, 0.2) is 12.7 Å². The fourth-order valence-electron chi connectivity index (χ4n) is 1.61. The molecule has 1 aromatic heterocycles. The molecular formula is C13H21N3O3S. The number of anilines is 2. The molecule has 0 atom stereocenters. The molecule has 20 heavy (non-hydrogen) atoms. The van der Waals surface area contributed by atoms with Crippen molar-refractivity contribution in [2.24, 2.45) is 0 Å². The van der Waals surface area contributed by atoms with Crippen LogP contribution in [0.2, 0.25) is 0 Å². The van der Waals surface area contributed by atoms with E-state index in [4.69, 9.17) is 15.2 Å². The number of hydrogen-bond donors (Lipinski definition) is 2. The summed E-state index contributed by atoms with van der Waals surface area (Å²) in [6.07, 6.45) is 1.62. The van der Waals surface area contributed by atoms with E-state index in [0.717, 1.165) is 5.00 Å². The molecule has 1 heterocycles. The van der Waals surface area contributed by atoms with Crippen LogP contribution >= 0.6 is 11.3 Å². The van der Waals surface area contributed by atoms with Gasteiger partial charge in [-0.3, -0.25) is 4.79 Å². The van der Waals surface area contributed by atoms with Crippen molar-refractivity contribution in [1.29, 1.82) is 0 Å². The van der Waals surface area contributed by atoms with E-state index in [9.17, 15) is 4.79 Å². The first kappa shape index (κ1) is 16.3. The maximum absolute atomic E-state index is 12.0. The predicted octanol–water partition coefficient (Wildman–Crippen LogP) is 1.34. The van der Waals surface area contributed by atoms with Crippen LogP contribution in [0.25, 0.3) is 0 Å². The highest BCUT2D eigenvalue weighted by Crippen LogP contribution is 2.44. The number of ether oxygens (including phenoxy) is 2. The molecule has 1 aromatic rings. The van der Waals surface area contributed by atoms with E-state index in [-0.39, 0.29) is 5.91 Å². The number of methoxy groups -OCH3 is 2. The zero-order valence-corrected chi connectivity index (χ0v) is 12.9. The number of hydrogen-bond acceptors (Lipinski definition) is 6. The molecule has 0 fully saturated rings. The van der Waals surface area contributed by atoms with Gasteiger partial charge in [0.25, 0.3) is 5.91 Å². The molecular weight excluding hydrogens is 278 g/mol. The Morgan fingerprint density at radius 1 is 1.55 bits per heavy atom. The number of rotatable bonds is 8. The van der Waals surface area contributed by atoms with Crippen molar-refractivity contribution in [1.82, 2.24) is 5.32 Å². The third-order valence-electron chi connectivity index (χ3n) is 2.68. The van der Waals surface area contributed by atoms with Gasteiger partial charge in [0.2, 0.25) is 0 Å². The van der Waals surface area contributed by atoms with Crippen molar-refractivity contribution in [2.75, 3.05) is 51.6 Å². The molecule has 0 saturated carbocycles. The molecule has 1 amide bonds. The largest absolute Gasteiger partial charge is 0.492 e. The Balaban J connectivity index is 3.01. The van der Waals surface area contributed by atoms with Gasteiger partial charge in [-0.15, -0.1) is 17.9 Å². The average Bonchev–Trinajstić information content (AvgIpc) is 2.79. The molecule has 0 aliphatic rings. The Kier molecular flexibility index (Phi) is 6.33. The number of amides is 1. The van der Waals surface area contributed by atoms with E-state index >= 15 is 0 Å². The maximum atomic E-state index is 12.0. The normalized spacial score (nSPS) is 10.2. The topological polar surface area (TPSA) is 76.8 Å². The van der Waals surface area contributed by atoms with Crippen LogP contribution < -0.4 is 20.7 Å². The standard InChI is InChI=1S/C13H21N3O3S/c1-5-6-15-12(17)11-9(14)10(19-4)13(20-11)16(2)7-8-18-3/h5H,1,6-8,14H2,2-4H3,(H,15,17). The number of likely N-dealkylation sites (N-methyl/N-ethyl adjacent to an activating group) is 1. The van der Waals surface area contributed by atoms with Crippen LogP contribution in [0.1, 0.15) is 9.67 Å². The summed E-state index contributed by atoms with van der Waals surface area (Å²) < 4.78 is 10.4. The van der Waals surface area contributed by atoms with Gasteiger partial charge < -0.3 is 25.4 Å². The van der Waals surface area contributed by atoms with Gasteiger partial charge in [0.05, 0.1) is 13.7 Å². The molecule has 3 N–H and O–H groups in total. The molecule has 0 aliphatic heterocycles. The van der Waals surface area contributed by atoms with Crippen molar-refractivity contribution in [2.45, 2.75) is 0 Å². The molecule has 1 rings (SSSR count). The number of thiophene rings is 1. The molecule has 0 aromatic carbocycles. The first-order valence-electron chi connectivity index (χ1n) is 6.12. The van der Waals surface area contributed by atoms with Gasteiger partial charge in [0, 0.05) is 27.2 Å².